The van der Waals surface area contributed by atoms with Gasteiger partial charge in [-0.1, -0.05) is 12.1 Å². The molecule has 3 heterocycles. The molecule has 0 spiro atoms. The lowest BCUT2D eigenvalue weighted by Gasteiger charge is -2.27. The van der Waals surface area contributed by atoms with Crippen molar-refractivity contribution in [2.24, 2.45) is 5.41 Å². The zero-order chi connectivity index (χ0) is 25.0. The molecule has 0 saturated heterocycles. The maximum absolute atomic E-state index is 13.2. The first-order chi connectivity index (χ1) is 16.8. The topological polar surface area (TPSA) is 69.6 Å². The van der Waals surface area contributed by atoms with Gasteiger partial charge in [0.25, 0.3) is 0 Å². The van der Waals surface area contributed by atoms with E-state index in [2.05, 4.69) is 27.0 Å². The number of carbonyl (C=O) groups is 2. The molecular formula is C28H33N5O2. The minimum atomic E-state index is -1.11. The molecule has 1 aliphatic rings. The fraction of sp³-hybridized carbons (Fsp3) is 0.357. The minimum absolute atomic E-state index is 0.167. The number of carbonyl (C=O) groups excluding carboxylic acids is 2. The van der Waals surface area contributed by atoms with Crippen LogP contribution in [0.5, 0.6) is 0 Å². The Morgan fingerprint density at radius 3 is 2.29 bits per heavy atom. The number of aromatic nitrogens is 2. The Bertz CT molecular complexity index is 1180. The van der Waals surface area contributed by atoms with Crippen molar-refractivity contribution in [2.45, 2.75) is 40.3 Å². The van der Waals surface area contributed by atoms with Crippen LogP contribution in [-0.2, 0) is 29.1 Å². The third-order valence-corrected chi connectivity index (χ3v) is 6.63. The molecule has 0 saturated carbocycles. The van der Waals surface area contributed by atoms with E-state index >= 15 is 0 Å². The van der Waals surface area contributed by atoms with Crippen LogP contribution in [-0.4, -0.2) is 46.8 Å². The number of nitrogens with zero attached hydrogens (tertiary/aromatic N) is 5. The van der Waals surface area contributed by atoms with E-state index in [1.807, 2.05) is 55.8 Å². The van der Waals surface area contributed by atoms with Crippen LogP contribution in [0.2, 0.25) is 0 Å². The van der Waals surface area contributed by atoms with Crippen LogP contribution in [0.3, 0.4) is 0 Å². The van der Waals surface area contributed by atoms with E-state index in [-0.39, 0.29) is 11.8 Å². The number of hydrogen-bond donors (Lipinski definition) is 0. The van der Waals surface area contributed by atoms with Gasteiger partial charge in [0.1, 0.15) is 5.41 Å². The highest BCUT2D eigenvalue weighted by Crippen LogP contribution is 2.39. The minimum Gasteiger partial charge on any atom is -0.313 e. The molecule has 2 amide bonds. The smallest absolute Gasteiger partial charge is 0.242 e. The van der Waals surface area contributed by atoms with Gasteiger partial charge in [0, 0.05) is 58.0 Å². The van der Waals surface area contributed by atoms with Crippen molar-refractivity contribution in [1.29, 1.82) is 0 Å². The number of rotatable bonds is 8. The van der Waals surface area contributed by atoms with Crippen LogP contribution in [0.25, 0.3) is 0 Å². The van der Waals surface area contributed by atoms with E-state index in [0.29, 0.717) is 13.1 Å². The summed E-state index contributed by atoms with van der Waals surface area (Å²) in [5.41, 5.74) is 3.91. The second-order valence-electron chi connectivity index (χ2n) is 9.54. The zero-order valence-corrected chi connectivity index (χ0v) is 20.9. The predicted molar refractivity (Wildman–Crippen MR) is 138 cm³/mol. The van der Waals surface area contributed by atoms with E-state index in [4.69, 9.17) is 0 Å². The van der Waals surface area contributed by atoms with Crippen LogP contribution in [0.15, 0.2) is 67.3 Å². The standard InChI is InChI=1S/C28H33N5O2/c1-5-33-24-9-8-23(17-25(24)31(4)26(34)28(2,3)27(33)35)20-32(19-22-10-14-29-15-11-22)16-12-21-7-6-13-30-18-21/h6-11,13-15,17-18H,5,12,16,19-20H2,1-4H3. The van der Waals surface area contributed by atoms with Crippen molar-refractivity contribution in [3.8, 4) is 0 Å². The molecule has 3 aromatic rings. The largest absolute Gasteiger partial charge is 0.313 e. The molecule has 0 aliphatic carbocycles. The number of anilines is 2. The molecule has 35 heavy (non-hydrogen) atoms. The average molecular weight is 472 g/mol. The Balaban J connectivity index is 1.62. The van der Waals surface area contributed by atoms with Crippen molar-refractivity contribution in [2.75, 3.05) is 29.9 Å². The van der Waals surface area contributed by atoms with Crippen molar-refractivity contribution < 1.29 is 9.59 Å². The number of hydrogen-bond acceptors (Lipinski definition) is 5. The van der Waals surface area contributed by atoms with Crippen LogP contribution in [0, 0.1) is 5.41 Å². The lowest BCUT2D eigenvalue weighted by Crippen LogP contribution is -2.47. The van der Waals surface area contributed by atoms with Gasteiger partial charge in [-0.15, -0.1) is 0 Å². The molecule has 182 valence electrons. The number of pyridine rings is 2. The summed E-state index contributed by atoms with van der Waals surface area (Å²) in [6.45, 7) is 8.21. The van der Waals surface area contributed by atoms with Gasteiger partial charge in [0.2, 0.25) is 11.8 Å². The van der Waals surface area contributed by atoms with Gasteiger partial charge in [-0.05, 0) is 74.2 Å². The summed E-state index contributed by atoms with van der Waals surface area (Å²) in [4.78, 5) is 40.5. The Morgan fingerprint density at radius 2 is 1.60 bits per heavy atom. The number of benzene rings is 1. The van der Waals surface area contributed by atoms with E-state index in [0.717, 1.165) is 36.4 Å². The van der Waals surface area contributed by atoms with Crippen LogP contribution < -0.4 is 9.80 Å². The Morgan fingerprint density at radius 1 is 0.857 bits per heavy atom. The highest BCUT2D eigenvalue weighted by Gasteiger charge is 2.45. The SMILES string of the molecule is CCN1C(=O)C(C)(C)C(=O)N(C)c2cc(CN(CCc3cccnc3)Cc3ccncc3)ccc21. The third-order valence-electron chi connectivity index (χ3n) is 6.63. The lowest BCUT2D eigenvalue weighted by atomic mass is 9.90. The van der Waals surface area contributed by atoms with Gasteiger partial charge in [0.05, 0.1) is 11.4 Å². The van der Waals surface area contributed by atoms with Gasteiger partial charge < -0.3 is 9.80 Å². The molecule has 0 N–H and O–H groups in total. The lowest BCUT2D eigenvalue weighted by molar-refractivity contribution is -0.137. The summed E-state index contributed by atoms with van der Waals surface area (Å²) < 4.78 is 0. The van der Waals surface area contributed by atoms with Gasteiger partial charge in [0.15, 0.2) is 0 Å². The van der Waals surface area contributed by atoms with Crippen molar-refractivity contribution >= 4 is 23.2 Å². The van der Waals surface area contributed by atoms with Crippen molar-refractivity contribution in [3.05, 3.63) is 83.9 Å². The molecule has 2 aromatic heterocycles. The normalized spacial score (nSPS) is 15.3. The molecule has 0 unspecified atom stereocenters. The molecule has 0 fully saturated rings. The molecule has 4 rings (SSSR count). The number of fused-ring (bicyclic) bond motifs is 1. The predicted octanol–water partition coefficient (Wildman–Crippen LogP) is 4.08. The Labute approximate surface area is 207 Å². The molecule has 0 atom stereocenters. The Hall–Kier alpha value is -3.58. The van der Waals surface area contributed by atoms with Crippen molar-refractivity contribution in [1.82, 2.24) is 14.9 Å². The second-order valence-corrected chi connectivity index (χ2v) is 9.54. The van der Waals surface area contributed by atoms with Crippen LogP contribution >= 0.6 is 0 Å². The van der Waals surface area contributed by atoms with Gasteiger partial charge in [-0.25, -0.2) is 0 Å². The summed E-state index contributed by atoms with van der Waals surface area (Å²) in [6.07, 6.45) is 8.21. The second kappa shape index (κ2) is 10.4. The molecule has 1 aliphatic heterocycles. The summed E-state index contributed by atoms with van der Waals surface area (Å²) in [7, 11) is 1.76. The van der Waals surface area contributed by atoms with Gasteiger partial charge >= 0.3 is 0 Å². The molecule has 0 radical (unpaired) electrons. The fourth-order valence-corrected chi connectivity index (χ4v) is 4.60. The first-order valence-corrected chi connectivity index (χ1v) is 12.0. The summed E-state index contributed by atoms with van der Waals surface area (Å²) in [5, 5.41) is 0. The monoisotopic (exact) mass is 471 g/mol. The quantitative estimate of drug-likeness (QED) is 0.463. The first kappa shape index (κ1) is 24.5. The summed E-state index contributed by atoms with van der Waals surface area (Å²) >= 11 is 0. The van der Waals surface area contributed by atoms with Crippen LogP contribution in [0.1, 0.15) is 37.5 Å². The summed E-state index contributed by atoms with van der Waals surface area (Å²) in [5.74, 6) is -0.360. The maximum Gasteiger partial charge on any atom is 0.242 e. The van der Waals surface area contributed by atoms with Crippen molar-refractivity contribution in [3.63, 3.8) is 0 Å². The molecule has 7 heteroatoms. The first-order valence-electron chi connectivity index (χ1n) is 12.0. The fourth-order valence-electron chi connectivity index (χ4n) is 4.60. The zero-order valence-electron chi connectivity index (χ0n) is 20.9. The average Bonchev–Trinajstić information content (AvgIpc) is 2.92. The number of amides is 2. The maximum atomic E-state index is 13.2. The van der Waals surface area contributed by atoms with E-state index < -0.39 is 5.41 Å². The van der Waals surface area contributed by atoms with Gasteiger partial charge in [-0.2, -0.15) is 0 Å². The van der Waals surface area contributed by atoms with E-state index in [9.17, 15) is 9.59 Å². The van der Waals surface area contributed by atoms with E-state index in [1.54, 1.807) is 36.9 Å². The van der Waals surface area contributed by atoms with E-state index in [1.165, 1.54) is 11.1 Å². The third kappa shape index (κ3) is 5.25. The van der Waals surface area contributed by atoms with Crippen LogP contribution in [0.4, 0.5) is 11.4 Å². The molecule has 1 aromatic carbocycles. The Kier molecular flexibility index (Phi) is 7.26. The molecule has 7 nitrogen and oxygen atoms in total. The summed E-state index contributed by atoms with van der Waals surface area (Å²) in [6, 6.07) is 14.2. The molecule has 0 bridgehead atoms. The molecular weight excluding hydrogens is 438 g/mol. The highest BCUT2D eigenvalue weighted by atomic mass is 16.2. The highest BCUT2D eigenvalue weighted by molar-refractivity contribution is 6.19. The van der Waals surface area contributed by atoms with Gasteiger partial charge in [-0.3, -0.25) is 24.5 Å².